The summed E-state index contributed by atoms with van der Waals surface area (Å²) in [5.41, 5.74) is 2.91. The highest BCUT2D eigenvalue weighted by Crippen LogP contribution is 2.25. The monoisotopic (exact) mass is 496 g/mol. The van der Waals surface area contributed by atoms with Gasteiger partial charge in [-0.25, -0.2) is 8.42 Å². The molecule has 2 amide bonds. The average Bonchev–Trinajstić information content (AvgIpc) is 3.15. The summed E-state index contributed by atoms with van der Waals surface area (Å²) in [5, 5.41) is 3.45. The predicted molar refractivity (Wildman–Crippen MR) is 132 cm³/mol. The third-order valence-electron chi connectivity index (χ3n) is 5.80. The number of carbonyl (C=O) groups is 2. The Kier molecular flexibility index (Phi) is 7.34. The topological polar surface area (TPSA) is 83.6 Å². The number of hydrogen-bond acceptors (Lipinski definition) is 4. The van der Waals surface area contributed by atoms with Gasteiger partial charge >= 0.3 is 0 Å². The molecule has 0 aliphatic carbocycles. The van der Waals surface area contributed by atoms with Gasteiger partial charge in [0.15, 0.2) is 9.84 Å². The van der Waals surface area contributed by atoms with E-state index in [0.717, 1.165) is 11.1 Å². The van der Waals surface area contributed by atoms with Crippen molar-refractivity contribution in [2.75, 3.05) is 12.3 Å². The molecular formula is C26H25ClN2O4S. The van der Waals surface area contributed by atoms with Crippen LogP contribution in [0, 0.1) is 0 Å². The molecule has 1 N–H and O–H groups in total. The molecule has 4 rings (SSSR count). The standard InChI is InChI=1S/C26H25ClN2O4S/c27-22-12-10-19(11-13-22)14-15-28-25(30)24(18-34(32,33)17-20-6-2-1-3-7-20)29-16-21-8-4-5-9-23(21)26(29)31/h1-13,24H,14-18H2,(H,28,30)/t24-/m0/s1. The molecule has 176 valence electrons. The normalized spacial score (nSPS) is 14.0. The molecule has 1 heterocycles. The Labute approximate surface area is 204 Å². The quantitative estimate of drug-likeness (QED) is 0.490. The molecule has 0 saturated heterocycles. The molecule has 1 aliphatic heterocycles. The fraction of sp³-hybridized carbons (Fsp3) is 0.231. The van der Waals surface area contributed by atoms with Gasteiger partial charge in [0.1, 0.15) is 6.04 Å². The molecule has 3 aromatic rings. The summed E-state index contributed by atoms with van der Waals surface area (Å²) >= 11 is 5.92. The van der Waals surface area contributed by atoms with Gasteiger partial charge in [-0.15, -0.1) is 0 Å². The van der Waals surface area contributed by atoms with Crippen molar-refractivity contribution in [3.8, 4) is 0 Å². The van der Waals surface area contributed by atoms with Gasteiger partial charge in [-0.05, 0) is 41.3 Å². The van der Waals surface area contributed by atoms with Crippen LogP contribution in [-0.2, 0) is 33.4 Å². The van der Waals surface area contributed by atoms with Gasteiger partial charge in [0, 0.05) is 23.7 Å². The van der Waals surface area contributed by atoms with Crippen molar-refractivity contribution in [2.24, 2.45) is 0 Å². The van der Waals surface area contributed by atoms with E-state index < -0.39 is 27.5 Å². The number of hydrogen-bond donors (Lipinski definition) is 1. The van der Waals surface area contributed by atoms with Crippen LogP contribution in [0.5, 0.6) is 0 Å². The minimum absolute atomic E-state index is 0.197. The van der Waals surface area contributed by atoms with Crippen molar-refractivity contribution in [3.63, 3.8) is 0 Å². The van der Waals surface area contributed by atoms with E-state index in [1.54, 1.807) is 48.5 Å². The van der Waals surface area contributed by atoms with E-state index in [2.05, 4.69) is 5.32 Å². The molecule has 1 atom stereocenters. The molecule has 8 heteroatoms. The maximum absolute atomic E-state index is 13.2. The van der Waals surface area contributed by atoms with Crippen LogP contribution in [0.15, 0.2) is 78.9 Å². The maximum atomic E-state index is 13.2. The number of nitrogens with one attached hydrogen (secondary N) is 1. The molecule has 34 heavy (non-hydrogen) atoms. The molecule has 1 aliphatic rings. The van der Waals surface area contributed by atoms with E-state index in [4.69, 9.17) is 11.6 Å². The largest absolute Gasteiger partial charge is 0.354 e. The van der Waals surface area contributed by atoms with Crippen molar-refractivity contribution in [3.05, 3.63) is 106 Å². The van der Waals surface area contributed by atoms with Gasteiger partial charge in [0.2, 0.25) is 5.91 Å². The molecule has 0 aromatic heterocycles. The van der Waals surface area contributed by atoms with Crippen LogP contribution in [0.2, 0.25) is 5.02 Å². The van der Waals surface area contributed by atoms with Crippen LogP contribution in [0.4, 0.5) is 0 Å². The van der Waals surface area contributed by atoms with E-state index >= 15 is 0 Å². The van der Waals surface area contributed by atoms with E-state index in [1.165, 1.54) is 4.90 Å². The zero-order valence-electron chi connectivity index (χ0n) is 18.5. The highest BCUT2D eigenvalue weighted by Gasteiger charge is 2.38. The van der Waals surface area contributed by atoms with E-state index in [1.807, 2.05) is 30.3 Å². The Hall–Kier alpha value is -3.16. The minimum Gasteiger partial charge on any atom is -0.354 e. The Bertz CT molecular complexity index is 1280. The Morgan fingerprint density at radius 2 is 1.62 bits per heavy atom. The van der Waals surface area contributed by atoms with Crippen molar-refractivity contribution in [1.29, 1.82) is 0 Å². The maximum Gasteiger partial charge on any atom is 0.255 e. The number of halogens is 1. The fourth-order valence-corrected chi connectivity index (χ4v) is 5.82. The Balaban J connectivity index is 1.50. The lowest BCUT2D eigenvalue weighted by atomic mass is 10.1. The molecule has 6 nitrogen and oxygen atoms in total. The van der Waals surface area contributed by atoms with Crippen LogP contribution in [-0.4, -0.2) is 43.5 Å². The number of carbonyl (C=O) groups excluding carboxylic acids is 2. The number of rotatable bonds is 9. The first-order valence-corrected chi connectivity index (χ1v) is 13.2. The van der Waals surface area contributed by atoms with Crippen molar-refractivity contribution in [2.45, 2.75) is 24.8 Å². The minimum atomic E-state index is -3.68. The van der Waals surface area contributed by atoms with Crippen LogP contribution in [0.3, 0.4) is 0 Å². The van der Waals surface area contributed by atoms with Gasteiger partial charge in [-0.2, -0.15) is 0 Å². The van der Waals surface area contributed by atoms with Gasteiger partial charge in [0.25, 0.3) is 5.91 Å². The molecule has 0 bridgehead atoms. The van der Waals surface area contributed by atoms with Gasteiger partial charge in [0.05, 0.1) is 11.5 Å². The lowest BCUT2D eigenvalue weighted by molar-refractivity contribution is -0.125. The first-order chi connectivity index (χ1) is 16.3. The van der Waals surface area contributed by atoms with Crippen LogP contribution < -0.4 is 5.32 Å². The van der Waals surface area contributed by atoms with Crippen LogP contribution in [0.25, 0.3) is 0 Å². The molecular weight excluding hydrogens is 472 g/mol. The highest BCUT2D eigenvalue weighted by atomic mass is 35.5. The molecule has 3 aromatic carbocycles. The van der Waals surface area contributed by atoms with Gasteiger partial charge in [-0.3, -0.25) is 9.59 Å². The summed E-state index contributed by atoms with van der Waals surface area (Å²) in [6, 6.07) is 22.1. The SMILES string of the molecule is O=C(NCCc1ccc(Cl)cc1)[C@H](CS(=O)(=O)Cc1ccccc1)N1Cc2ccccc2C1=O. The summed E-state index contributed by atoms with van der Waals surface area (Å²) in [5.74, 6) is -1.46. The second-order valence-electron chi connectivity index (χ2n) is 8.31. The first kappa shape index (κ1) is 24.0. The summed E-state index contributed by atoms with van der Waals surface area (Å²) in [7, 11) is -3.68. The Morgan fingerprint density at radius 1 is 0.941 bits per heavy atom. The first-order valence-electron chi connectivity index (χ1n) is 11.0. The number of amides is 2. The van der Waals surface area contributed by atoms with E-state index in [0.29, 0.717) is 29.1 Å². The fourth-order valence-electron chi connectivity index (χ4n) is 4.06. The van der Waals surface area contributed by atoms with Crippen molar-refractivity contribution < 1.29 is 18.0 Å². The predicted octanol–water partition coefficient (Wildman–Crippen LogP) is 3.64. The molecule has 0 unspecified atom stereocenters. The second kappa shape index (κ2) is 10.4. The lowest BCUT2D eigenvalue weighted by Crippen LogP contribution is -2.51. The third-order valence-corrected chi connectivity index (χ3v) is 7.64. The smallest absolute Gasteiger partial charge is 0.255 e. The summed E-state index contributed by atoms with van der Waals surface area (Å²) < 4.78 is 26.1. The molecule has 0 radical (unpaired) electrons. The zero-order chi connectivity index (χ0) is 24.1. The average molecular weight is 497 g/mol. The van der Waals surface area contributed by atoms with Crippen molar-refractivity contribution in [1.82, 2.24) is 10.2 Å². The second-order valence-corrected chi connectivity index (χ2v) is 10.9. The number of sulfone groups is 1. The Morgan fingerprint density at radius 3 is 2.32 bits per heavy atom. The summed E-state index contributed by atoms with van der Waals surface area (Å²) in [6.45, 7) is 0.510. The summed E-state index contributed by atoms with van der Waals surface area (Å²) in [6.07, 6.45) is 0.556. The zero-order valence-corrected chi connectivity index (χ0v) is 20.1. The van der Waals surface area contributed by atoms with Gasteiger partial charge < -0.3 is 10.2 Å². The van der Waals surface area contributed by atoms with E-state index in [-0.39, 0.29) is 18.2 Å². The molecule has 0 spiro atoms. The number of nitrogens with zero attached hydrogens (tertiary/aromatic N) is 1. The highest BCUT2D eigenvalue weighted by molar-refractivity contribution is 7.90. The van der Waals surface area contributed by atoms with E-state index in [9.17, 15) is 18.0 Å². The van der Waals surface area contributed by atoms with Crippen molar-refractivity contribution >= 4 is 33.3 Å². The molecule has 0 saturated carbocycles. The summed E-state index contributed by atoms with van der Waals surface area (Å²) in [4.78, 5) is 27.6. The molecule has 0 fully saturated rings. The third kappa shape index (κ3) is 5.85. The van der Waals surface area contributed by atoms with Crippen LogP contribution >= 0.6 is 11.6 Å². The number of benzene rings is 3. The van der Waals surface area contributed by atoms with Crippen LogP contribution in [0.1, 0.15) is 27.0 Å². The number of fused-ring (bicyclic) bond motifs is 1. The lowest BCUT2D eigenvalue weighted by Gasteiger charge is -2.27. The van der Waals surface area contributed by atoms with Gasteiger partial charge in [-0.1, -0.05) is 72.3 Å².